The first kappa shape index (κ1) is 26.9. The molecular weight excluding hydrogens is 510 g/mol. The van der Waals surface area contributed by atoms with Crippen molar-refractivity contribution in [1.82, 2.24) is 19.7 Å². The van der Waals surface area contributed by atoms with Crippen LogP contribution in [-0.4, -0.2) is 32.8 Å². The zero-order valence-electron chi connectivity index (χ0n) is 22.4. The Morgan fingerprint density at radius 3 is 2.45 bits per heavy atom. The molecule has 0 amide bonds. The molecule has 3 heterocycles. The third-order valence-corrected chi connectivity index (χ3v) is 6.73. The predicted octanol–water partition coefficient (Wildman–Crippen LogP) is 7.13. The van der Waals surface area contributed by atoms with Crippen LogP contribution in [0.3, 0.4) is 0 Å². The Morgan fingerprint density at radius 1 is 0.950 bits per heavy atom. The second-order valence-electron chi connectivity index (χ2n) is 9.73. The maximum Gasteiger partial charge on any atom is 0.229 e. The molecule has 40 heavy (non-hydrogen) atoms. The van der Waals surface area contributed by atoms with Crippen LogP contribution in [0.4, 0.5) is 43.3 Å². The van der Waals surface area contributed by atoms with Gasteiger partial charge in [-0.3, -0.25) is 4.68 Å². The molecule has 1 saturated heterocycles. The smallest absolute Gasteiger partial charge is 0.229 e. The highest BCUT2D eigenvalue weighted by atomic mass is 19.1. The van der Waals surface area contributed by atoms with E-state index in [1.165, 1.54) is 12.1 Å². The van der Waals surface area contributed by atoms with Crippen molar-refractivity contribution < 1.29 is 8.78 Å². The second-order valence-corrected chi connectivity index (χ2v) is 9.73. The highest BCUT2D eigenvalue weighted by molar-refractivity contribution is 5.80. The maximum atomic E-state index is 15.4. The SMILES string of the molecule is C=CC(=C)Nc1ccc(F)c(Nc2nc(Nc3cnn(C)c3)ncc2-c2ccc(N3CCCCCC3)c(F)c2)c1. The highest BCUT2D eigenvalue weighted by Gasteiger charge is 2.18. The lowest BCUT2D eigenvalue weighted by atomic mass is 10.1. The molecule has 5 rings (SSSR count). The molecule has 4 aromatic rings. The number of aromatic nitrogens is 4. The first-order valence-corrected chi connectivity index (χ1v) is 13.2. The van der Waals surface area contributed by atoms with Crippen molar-refractivity contribution in [3.63, 3.8) is 0 Å². The van der Waals surface area contributed by atoms with E-state index in [0.29, 0.717) is 39.7 Å². The van der Waals surface area contributed by atoms with Crippen molar-refractivity contribution >= 4 is 34.5 Å². The Hall–Kier alpha value is -4.73. The number of anilines is 6. The number of halogens is 2. The molecule has 3 N–H and O–H groups in total. The summed E-state index contributed by atoms with van der Waals surface area (Å²) in [5, 5.41) is 13.4. The number of nitrogens with zero attached hydrogens (tertiary/aromatic N) is 5. The van der Waals surface area contributed by atoms with E-state index < -0.39 is 5.82 Å². The van der Waals surface area contributed by atoms with E-state index in [4.69, 9.17) is 0 Å². The summed E-state index contributed by atoms with van der Waals surface area (Å²) in [6.07, 6.45) is 11.0. The van der Waals surface area contributed by atoms with Gasteiger partial charge >= 0.3 is 0 Å². The van der Waals surface area contributed by atoms with Crippen LogP contribution < -0.4 is 20.9 Å². The summed E-state index contributed by atoms with van der Waals surface area (Å²) in [4.78, 5) is 11.2. The van der Waals surface area contributed by atoms with Gasteiger partial charge in [-0.25, -0.2) is 13.8 Å². The first-order valence-electron chi connectivity index (χ1n) is 13.2. The van der Waals surface area contributed by atoms with Gasteiger partial charge in [0.1, 0.15) is 17.5 Å². The zero-order chi connectivity index (χ0) is 28.1. The molecule has 2 aromatic heterocycles. The van der Waals surface area contributed by atoms with Crippen molar-refractivity contribution in [2.45, 2.75) is 25.7 Å². The molecule has 0 atom stereocenters. The largest absolute Gasteiger partial charge is 0.369 e. The molecule has 0 spiro atoms. The summed E-state index contributed by atoms with van der Waals surface area (Å²) in [5.41, 5.74) is 3.73. The number of aryl methyl sites for hydroxylation is 1. The summed E-state index contributed by atoms with van der Waals surface area (Å²) in [6, 6.07) is 9.68. The topological polar surface area (TPSA) is 82.9 Å². The van der Waals surface area contributed by atoms with E-state index in [2.05, 4.69) is 49.1 Å². The van der Waals surface area contributed by atoms with Crippen LogP contribution in [0.15, 0.2) is 79.9 Å². The number of allylic oxidation sites excluding steroid dienone is 1. The van der Waals surface area contributed by atoms with Gasteiger partial charge in [0, 0.05) is 49.5 Å². The van der Waals surface area contributed by atoms with Crippen LogP contribution in [0.5, 0.6) is 0 Å². The summed E-state index contributed by atoms with van der Waals surface area (Å²) >= 11 is 0. The van der Waals surface area contributed by atoms with E-state index in [-0.39, 0.29) is 17.5 Å². The molecule has 206 valence electrons. The van der Waals surface area contributed by atoms with Crippen LogP contribution in [0.25, 0.3) is 11.1 Å². The molecule has 0 aliphatic carbocycles. The third kappa shape index (κ3) is 6.28. The predicted molar refractivity (Wildman–Crippen MR) is 157 cm³/mol. The normalized spacial score (nSPS) is 13.4. The molecule has 1 aliphatic rings. The molecule has 1 fully saturated rings. The minimum absolute atomic E-state index is 0.177. The van der Waals surface area contributed by atoms with Gasteiger partial charge in [-0.2, -0.15) is 10.1 Å². The van der Waals surface area contributed by atoms with E-state index in [0.717, 1.165) is 38.8 Å². The van der Waals surface area contributed by atoms with Gasteiger partial charge < -0.3 is 20.9 Å². The summed E-state index contributed by atoms with van der Waals surface area (Å²) < 4.78 is 32.0. The van der Waals surface area contributed by atoms with Gasteiger partial charge in [-0.05, 0) is 54.8 Å². The fourth-order valence-electron chi connectivity index (χ4n) is 4.67. The number of hydrogen-bond donors (Lipinski definition) is 3. The molecule has 2 aromatic carbocycles. The van der Waals surface area contributed by atoms with Gasteiger partial charge in [0.15, 0.2) is 0 Å². The van der Waals surface area contributed by atoms with Crippen LogP contribution in [0.2, 0.25) is 0 Å². The third-order valence-electron chi connectivity index (χ3n) is 6.73. The number of rotatable bonds is 9. The molecule has 0 unspecified atom stereocenters. The fourth-order valence-corrected chi connectivity index (χ4v) is 4.67. The van der Waals surface area contributed by atoms with Crippen LogP contribution in [0.1, 0.15) is 25.7 Å². The number of nitrogens with one attached hydrogen (secondary N) is 3. The lowest BCUT2D eigenvalue weighted by molar-refractivity contribution is 0.617. The Bertz CT molecular complexity index is 1520. The Kier molecular flexibility index (Phi) is 8.04. The van der Waals surface area contributed by atoms with E-state index in [1.54, 1.807) is 54.6 Å². The summed E-state index contributed by atoms with van der Waals surface area (Å²) in [5.74, 6) is -0.218. The number of hydrogen-bond acceptors (Lipinski definition) is 7. The first-order chi connectivity index (χ1) is 19.4. The van der Waals surface area contributed by atoms with Crippen molar-refractivity contribution in [3.8, 4) is 11.1 Å². The minimum Gasteiger partial charge on any atom is -0.369 e. The lowest BCUT2D eigenvalue weighted by Crippen LogP contribution is -2.24. The minimum atomic E-state index is -0.483. The molecule has 1 aliphatic heterocycles. The van der Waals surface area contributed by atoms with Crippen LogP contribution >= 0.6 is 0 Å². The van der Waals surface area contributed by atoms with Gasteiger partial charge in [0.25, 0.3) is 0 Å². The Labute approximate surface area is 232 Å². The van der Waals surface area contributed by atoms with Gasteiger partial charge in [0.05, 0.1) is 23.3 Å². The van der Waals surface area contributed by atoms with Gasteiger partial charge in [0.2, 0.25) is 5.95 Å². The van der Waals surface area contributed by atoms with Crippen molar-refractivity contribution in [3.05, 3.63) is 91.6 Å². The average Bonchev–Trinajstić information content (AvgIpc) is 3.17. The summed E-state index contributed by atoms with van der Waals surface area (Å²) in [6.45, 7) is 9.21. The van der Waals surface area contributed by atoms with Crippen LogP contribution in [-0.2, 0) is 7.05 Å². The molecule has 0 bridgehead atoms. The average molecular weight is 543 g/mol. The Morgan fingerprint density at radius 2 is 1.75 bits per heavy atom. The zero-order valence-corrected chi connectivity index (χ0v) is 22.4. The van der Waals surface area contributed by atoms with Crippen LogP contribution in [0, 0.1) is 11.6 Å². The summed E-state index contributed by atoms with van der Waals surface area (Å²) in [7, 11) is 1.80. The molecule has 0 radical (unpaired) electrons. The number of benzene rings is 2. The lowest BCUT2D eigenvalue weighted by Gasteiger charge is -2.23. The van der Waals surface area contributed by atoms with Crippen molar-refractivity contribution in [2.75, 3.05) is 33.9 Å². The van der Waals surface area contributed by atoms with Gasteiger partial charge in [-0.15, -0.1) is 0 Å². The Balaban J connectivity index is 1.51. The standard InChI is InChI=1S/C30H32F2N8/c1-4-20(2)35-22-10-11-25(31)27(16-22)37-29-24(18-33-30(38-29)36-23-17-34-39(3)19-23)21-9-12-28(26(32)15-21)40-13-7-5-6-8-14-40/h4,9-12,15-19,35H,1-2,5-8,13-14H2,3H3,(H2,33,36,37,38). The molecule has 0 saturated carbocycles. The molecule has 8 nitrogen and oxygen atoms in total. The molecular formula is C30H32F2N8. The second kappa shape index (κ2) is 12.0. The fraction of sp³-hybridized carbons (Fsp3) is 0.233. The maximum absolute atomic E-state index is 15.4. The quantitative estimate of drug-likeness (QED) is 0.194. The monoisotopic (exact) mass is 542 g/mol. The van der Waals surface area contributed by atoms with E-state index >= 15 is 4.39 Å². The highest BCUT2D eigenvalue weighted by Crippen LogP contribution is 2.34. The van der Waals surface area contributed by atoms with E-state index in [1.807, 2.05) is 6.07 Å². The molecule has 10 heteroatoms. The van der Waals surface area contributed by atoms with E-state index in [9.17, 15) is 4.39 Å². The van der Waals surface area contributed by atoms with Crippen molar-refractivity contribution in [1.29, 1.82) is 0 Å². The van der Waals surface area contributed by atoms with Gasteiger partial charge in [-0.1, -0.05) is 32.1 Å². The van der Waals surface area contributed by atoms with Crippen molar-refractivity contribution in [2.24, 2.45) is 7.05 Å².